The van der Waals surface area contributed by atoms with Crippen LogP contribution < -0.4 is 0 Å². The number of carbonyl (C=O) groups is 1. The first kappa shape index (κ1) is 16.3. The third-order valence-corrected chi connectivity index (χ3v) is 6.05. The van der Waals surface area contributed by atoms with Crippen LogP contribution in [0.3, 0.4) is 0 Å². The fourth-order valence-electron chi connectivity index (χ4n) is 4.59. The Bertz CT molecular complexity index is 778. The summed E-state index contributed by atoms with van der Waals surface area (Å²) < 4.78 is 0. The molecule has 0 radical (unpaired) electrons. The largest absolute Gasteiger partial charge is 0.331 e. The van der Waals surface area contributed by atoms with Gasteiger partial charge >= 0.3 is 0 Å². The van der Waals surface area contributed by atoms with E-state index in [0.717, 1.165) is 28.8 Å². The van der Waals surface area contributed by atoms with Gasteiger partial charge in [-0.15, -0.1) is 0 Å². The summed E-state index contributed by atoms with van der Waals surface area (Å²) in [6, 6.07) is 8.68. The van der Waals surface area contributed by atoms with Crippen molar-refractivity contribution < 1.29 is 4.79 Å². The monoisotopic (exact) mass is 334 g/mol. The van der Waals surface area contributed by atoms with Crippen molar-refractivity contribution in [3.05, 3.63) is 53.3 Å². The van der Waals surface area contributed by atoms with Gasteiger partial charge in [-0.2, -0.15) is 0 Å². The number of fused-ring (bicyclic) bond motifs is 1. The van der Waals surface area contributed by atoms with Crippen molar-refractivity contribution in [1.82, 2.24) is 9.88 Å². The van der Waals surface area contributed by atoms with Crippen LogP contribution in [0.2, 0.25) is 0 Å². The molecule has 1 aliphatic carbocycles. The zero-order chi connectivity index (χ0) is 17.4. The Balaban J connectivity index is 1.63. The van der Waals surface area contributed by atoms with E-state index in [2.05, 4.69) is 41.9 Å². The zero-order valence-electron chi connectivity index (χ0n) is 15.2. The van der Waals surface area contributed by atoms with Gasteiger partial charge in [0.15, 0.2) is 0 Å². The molecule has 0 saturated heterocycles. The second-order valence-corrected chi connectivity index (χ2v) is 7.64. The Labute approximate surface area is 150 Å². The van der Waals surface area contributed by atoms with Gasteiger partial charge < -0.3 is 4.90 Å². The third-order valence-electron chi connectivity index (χ3n) is 6.05. The zero-order valence-corrected chi connectivity index (χ0v) is 15.2. The molecule has 0 bridgehead atoms. The van der Waals surface area contributed by atoms with Gasteiger partial charge in [0, 0.05) is 36.1 Å². The van der Waals surface area contributed by atoms with Crippen molar-refractivity contribution >= 4 is 5.91 Å². The van der Waals surface area contributed by atoms with Gasteiger partial charge in [-0.25, -0.2) is 0 Å². The number of carbonyl (C=O) groups excluding carboxylic acids is 1. The van der Waals surface area contributed by atoms with E-state index in [-0.39, 0.29) is 5.91 Å². The molecule has 1 aliphatic heterocycles. The molecule has 1 saturated carbocycles. The standard InChI is InChI=1S/C22H26N2O/c1-15-11-19(18-9-6-10-23-13-18)12-20-14-24(22(25)21(15)20)16(2)17-7-4-3-5-8-17/h6,9-13,16-17H,3-5,7-8,14H2,1-2H3. The second kappa shape index (κ2) is 6.62. The molecule has 1 fully saturated rings. The van der Waals surface area contributed by atoms with Crippen molar-refractivity contribution in [2.45, 2.75) is 58.5 Å². The van der Waals surface area contributed by atoms with Crippen LogP contribution in [0.4, 0.5) is 0 Å². The SMILES string of the molecule is Cc1cc(-c2cccnc2)cc2c1C(=O)N(C(C)C1CCCCC1)C2. The molecule has 3 nitrogen and oxygen atoms in total. The third kappa shape index (κ3) is 2.97. The lowest BCUT2D eigenvalue weighted by molar-refractivity contribution is 0.0623. The van der Waals surface area contributed by atoms with E-state index in [0.29, 0.717) is 12.0 Å². The predicted octanol–water partition coefficient (Wildman–Crippen LogP) is 4.98. The molecule has 4 rings (SSSR count). The first-order valence-corrected chi connectivity index (χ1v) is 9.50. The number of aryl methyl sites for hydroxylation is 1. The first-order chi connectivity index (χ1) is 12.1. The van der Waals surface area contributed by atoms with Gasteiger partial charge in [0.2, 0.25) is 0 Å². The molecule has 3 heteroatoms. The number of aromatic nitrogens is 1. The van der Waals surface area contributed by atoms with Crippen LogP contribution in [0.5, 0.6) is 0 Å². The van der Waals surface area contributed by atoms with Crippen molar-refractivity contribution in [2.24, 2.45) is 5.92 Å². The van der Waals surface area contributed by atoms with Crippen LogP contribution >= 0.6 is 0 Å². The molecule has 25 heavy (non-hydrogen) atoms. The van der Waals surface area contributed by atoms with Gasteiger partial charge in [-0.05, 0) is 61.4 Å². The van der Waals surface area contributed by atoms with Crippen LogP contribution in [0, 0.1) is 12.8 Å². The number of nitrogens with zero attached hydrogens (tertiary/aromatic N) is 2. The summed E-state index contributed by atoms with van der Waals surface area (Å²) in [4.78, 5) is 19.4. The summed E-state index contributed by atoms with van der Waals surface area (Å²) in [5.74, 6) is 0.883. The van der Waals surface area contributed by atoms with Crippen LogP contribution in [-0.4, -0.2) is 21.8 Å². The Morgan fingerprint density at radius 3 is 2.68 bits per heavy atom. The van der Waals surface area contributed by atoms with E-state index in [9.17, 15) is 4.79 Å². The maximum Gasteiger partial charge on any atom is 0.255 e. The molecule has 2 aromatic rings. The summed E-state index contributed by atoms with van der Waals surface area (Å²) >= 11 is 0. The molecule has 1 amide bonds. The number of benzene rings is 1. The molecule has 0 N–H and O–H groups in total. The Morgan fingerprint density at radius 1 is 1.16 bits per heavy atom. The predicted molar refractivity (Wildman–Crippen MR) is 100 cm³/mol. The number of hydrogen-bond donors (Lipinski definition) is 0. The summed E-state index contributed by atoms with van der Waals surface area (Å²) in [6.45, 7) is 5.06. The molecule has 0 spiro atoms. The van der Waals surface area contributed by atoms with Gasteiger partial charge in [0.25, 0.3) is 5.91 Å². The van der Waals surface area contributed by atoms with E-state index in [1.54, 1.807) is 6.20 Å². The molecule has 1 aromatic carbocycles. The van der Waals surface area contributed by atoms with Gasteiger partial charge in [0.1, 0.15) is 0 Å². The minimum Gasteiger partial charge on any atom is -0.331 e. The van der Waals surface area contributed by atoms with Crippen molar-refractivity contribution in [3.8, 4) is 11.1 Å². The maximum absolute atomic E-state index is 13.1. The lowest BCUT2D eigenvalue weighted by Gasteiger charge is -2.34. The van der Waals surface area contributed by atoms with Crippen LogP contribution in [-0.2, 0) is 6.54 Å². The van der Waals surface area contributed by atoms with Gasteiger partial charge in [-0.3, -0.25) is 9.78 Å². The highest BCUT2D eigenvalue weighted by atomic mass is 16.2. The lowest BCUT2D eigenvalue weighted by atomic mass is 9.84. The normalized spacial score (nSPS) is 19.1. The molecular formula is C22H26N2O. The topological polar surface area (TPSA) is 33.2 Å². The minimum atomic E-state index is 0.225. The molecule has 130 valence electrons. The van der Waals surface area contributed by atoms with Crippen LogP contribution in [0.1, 0.15) is 60.5 Å². The van der Waals surface area contributed by atoms with E-state index >= 15 is 0 Å². The summed E-state index contributed by atoms with van der Waals surface area (Å²) in [5, 5.41) is 0. The molecular weight excluding hydrogens is 308 g/mol. The summed E-state index contributed by atoms with van der Waals surface area (Å²) in [7, 11) is 0. The average Bonchev–Trinajstić information content (AvgIpc) is 2.99. The van der Waals surface area contributed by atoms with Gasteiger partial charge in [-0.1, -0.05) is 31.4 Å². The molecule has 1 aromatic heterocycles. The first-order valence-electron chi connectivity index (χ1n) is 9.50. The van der Waals surface area contributed by atoms with E-state index in [1.165, 1.54) is 37.7 Å². The number of hydrogen-bond acceptors (Lipinski definition) is 2. The molecule has 2 heterocycles. The molecule has 2 aliphatic rings. The van der Waals surface area contributed by atoms with Crippen LogP contribution in [0.25, 0.3) is 11.1 Å². The maximum atomic E-state index is 13.1. The minimum absolute atomic E-state index is 0.225. The summed E-state index contributed by atoms with van der Waals surface area (Å²) in [6.07, 6.45) is 10.2. The van der Waals surface area contributed by atoms with E-state index < -0.39 is 0 Å². The lowest BCUT2D eigenvalue weighted by Crippen LogP contribution is -2.39. The van der Waals surface area contributed by atoms with E-state index in [1.807, 2.05) is 12.3 Å². The fraction of sp³-hybridized carbons (Fsp3) is 0.455. The molecule has 1 atom stereocenters. The van der Waals surface area contributed by atoms with Crippen molar-refractivity contribution in [2.75, 3.05) is 0 Å². The highest BCUT2D eigenvalue weighted by Crippen LogP contribution is 2.36. The smallest absolute Gasteiger partial charge is 0.255 e. The van der Waals surface area contributed by atoms with Gasteiger partial charge in [0.05, 0.1) is 0 Å². The summed E-state index contributed by atoms with van der Waals surface area (Å²) in [5.41, 5.74) is 5.45. The van der Waals surface area contributed by atoms with Crippen LogP contribution in [0.15, 0.2) is 36.7 Å². The molecule has 1 unspecified atom stereocenters. The van der Waals surface area contributed by atoms with E-state index in [4.69, 9.17) is 0 Å². The number of rotatable bonds is 3. The Hall–Kier alpha value is -2.16. The van der Waals surface area contributed by atoms with Crippen molar-refractivity contribution in [3.63, 3.8) is 0 Å². The number of amides is 1. The number of pyridine rings is 1. The highest BCUT2D eigenvalue weighted by molar-refractivity contribution is 6.00. The second-order valence-electron chi connectivity index (χ2n) is 7.64. The fourth-order valence-corrected chi connectivity index (χ4v) is 4.59. The van der Waals surface area contributed by atoms with Crippen molar-refractivity contribution in [1.29, 1.82) is 0 Å². The Kier molecular flexibility index (Phi) is 4.32. The quantitative estimate of drug-likeness (QED) is 0.793. The Morgan fingerprint density at radius 2 is 1.96 bits per heavy atom. The highest BCUT2D eigenvalue weighted by Gasteiger charge is 2.35. The average molecular weight is 334 g/mol.